The Morgan fingerprint density at radius 2 is 1.65 bits per heavy atom. The second kappa shape index (κ2) is 5.17. The van der Waals surface area contributed by atoms with E-state index in [4.69, 9.17) is 4.74 Å². The van der Waals surface area contributed by atoms with E-state index in [1.807, 2.05) is 60.7 Å². The smallest absolute Gasteiger partial charge is 0.431 e. The van der Waals surface area contributed by atoms with E-state index in [1.165, 1.54) is 12.1 Å². The Morgan fingerprint density at radius 1 is 1.05 bits per heavy atom. The summed E-state index contributed by atoms with van der Waals surface area (Å²) in [5, 5.41) is 5.67. The molecule has 0 aliphatic carbocycles. The summed E-state index contributed by atoms with van der Waals surface area (Å²) in [5.41, 5.74) is 2.91. The van der Waals surface area contributed by atoms with Crippen molar-refractivity contribution in [2.75, 3.05) is 7.11 Å². The van der Waals surface area contributed by atoms with Gasteiger partial charge in [-0.15, -0.1) is 0 Å². The monoisotopic (exact) mass is 266 g/mol. The first-order valence-corrected chi connectivity index (χ1v) is 6.37. The number of ether oxygens (including phenoxy) is 1. The third-order valence-corrected chi connectivity index (χ3v) is 3.27. The summed E-state index contributed by atoms with van der Waals surface area (Å²) >= 11 is 0. The lowest BCUT2D eigenvalue weighted by Gasteiger charge is -2.36. The van der Waals surface area contributed by atoms with Crippen molar-refractivity contribution in [3.63, 3.8) is 0 Å². The summed E-state index contributed by atoms with van der Waals surface area (Å²) < 4.78 is 4.77. The molecule has 1 aliphatic heterocycles. The highest BCUT2D eigenvalue weighted by molar-refractivity contribution is 6.09. The number of carbonyl (C=O) groups is 1. The SMILES string of the molecule is COC(=O)N1N=C(c2ccccc2)[C@H]1c1ccccc1. The standard InChI is InChI=1S/C16H14N2O2/c1-20-16(19)18-15(13-10-6-3-7-11-13)14(17-18)12-8-4-2-5-9-12/h2-11,15H,1H3/t15-/m1/s1. The molecule has 4 nitrogen and oxygen atoms in total. The molecule has 0 N–H and O–H groups in total. The molecule has 1 atom stereocenters. The van der Waals surface area contributed by atoms with Crippen molar-refractivity contribution >= 4 is 11.8 Å². The minimum atomic E-state index is -0.446. The van der Waals surface area contributed by atoms with Crippen LogP contribution >= 0.6 is 0 Å². The molecule has 0 bridgehead atoms. The van der Waals surface area contributed by atoms with Crippen molar-refractivity contribution in [3.8, 4) is 0 Å². The average molecular weight is 266 g/mol. The van der Waals surface area contributed by atoms with Crippen LogP contribution in [-0.4, -0.2) is 23.9 Å². The molecule has 0 radical (unpaired) electrons. The molecule has 0 saturated carbocycles. The van der Waals surface area contributed by atoms with E-state index < -0.39 is 6.09 Å². The van der Waals surface area contributed by atoms with Gasteiger partial charge in [-0.3, -0.25) is 0 Å². The Morgan fingerprint density at radius 3 is 2.25 bits per heavy atom. The number of rotatable bonds is 2. The van der Waals surface area contributed by atoms with Gasteiger partial charge in [0, 0.05) is 5.56 Å². The van der Waals surface area contributed by atoms with E-state index >= 15 is 0 Å². The number of nitrogens with zero attached hydrogens (tertiary/aromatic N) is 2. The molecule has 2 aromatic rings. The zero-order valence-electron chi connectivity index (χ0n) is 11.1. The Balaban J connectivity index is 1.99. The van der Waals surface area contributed by atoms with Crippen LogP contribution in [0.3, 0.4) is 0 Å². The van der Waals surface area contributed by atoms with E-state index in [1.54, 1.807) is 0 Å². The molecule has 1 aliphatic rings. The molecule has 0 spiro atoms. The van der Waals surface area contributed by atoms with Crippen molar-refractivity contribution < 1.29 is 9.53 Å². The zero-order chi connectivity index (χ0) is 13.9. The lowest BCUT2D eigenvalue weighted by molar-refractivity contribution is 0.107. The number of amides is 1. The molecule has 2 aromatic carbocycles. The van der Waals surface area contributed by atoms with Crippen LogP contribution in [0.15, 0.2) is 65.8 Å². The fourth-order valence-electron chi connectivity index (χ4n) is 2.29. The highest BCUT2D eigenvalue weighted by atomic mass is 16.5. The highest BCUT2D eigenvalue weighted by Crippen LogP contribution is 2.34. The maximum absolute atomic E-state index is 11.8. The van der Waals surface area contributed by atoms with Crippen LogP contribution in [0.2, 0.25) is 0 Å². The second-order valence-corrected chi connectivity index (χ2v) is 4.48. The van der Waals surface area contributed by atoms with Gasteiger partial charge < -0.3 is 4.74 Å². The predicted molar refractivity (Wildman–Crippen MR) is 76.4 cm³/mol. The molecular formula is C16H14N2O2. The van der Waals surface area contributed by atoms with Gasteiger partial charge in [-0.25, -0.2) is 4.79 Å². The van der Waals surface area contributed by atoms with Crippen LogP contribution in [0.4, 0.5) is 4.79 Å². The van der Waals surface area contributed by atoms with Gasteiger partial charge in [0.25, 0.3) is 0 Å². The maximum Gasteiger partial charge on any atom is 0.431 e. The molecular weight excluding hydrogens is 252 g/mol. The number of benzene rings is 2. The molecule has 3 rings (SSSR count). The molecule has 0 aromatic heterocycles. The molecule has 20 heavy (non-hydrogen) atoms. The van der Waals surface area contributed by atoms with E-state index in [-0.39, 0.29) is 6.04 Å². The lowest BCUT2D eigenvalue weighted by atomic mass is 9.94. The molecule has 100 valence electrons. The van der Waals surface area contributed by atoms with Crippen molar-refractivity contribution in [1.29, 1.82) is 0 Å². The summed E-state index contributed by atoms with van der Waals surface area (Å²) in [5.74, 6) is 0. The average Bonchev–Trinajstić information content (AvgIpc) is 2.48. The van der Waals surface area contributed by atoms with Crippen molar-refractivity contribution in [2.45, 2.75) is 6.04 Å². The first kappa shape index (κ1) is 12.4. The van der Waals surface area contributed by atoms with E-state index in [2.05, 4.69) is 5.10 Å². The van der Waals surface area contributed by atoms with Gasteiger partial charge in [-0.1, -0.05) is 60.7 Å². The number of carbonyl (C=O) groups excluding carboxylic acids is 1. The molecule has 1 heterocycles. The predicted octanol–water partition coefficient (Wildman–Crippen LogP) is 3.21. The first-order chi connectivity index (χ1) is 9.81. The first-order valence-electron chi connectivity index (χ1n) is 6.37. The Bertz CT molecular complexity index is 638. The zero-order valence-corrected chi connectivity index (χ0v) is 11.1. The summed E-state index contributed by atoms with van der Waals surface area (Å²) in [7, 11) is 1.36. The third-order valence-electron chi connectivity index (χ3n) is 3.27. The maximum atomic E-state index is 11.8. The third kappa shape index (κ3) is 2.05. The summed E-state index contributed by atoms with van der Waals surface area (Å²) in [4.78, 5) is 11.8. The van der Waals surface area contributed by atoms with Crippen molar-refractivity contribution in [3.05, 3.63) is 71.8 Å². The van der Waals surface area contributed by atoms with Gasteiger partial charge in [0.05, 0.1) is 12.8 Å². The summed E-state index contributed by atoms with van der Waals surface area (Å²) in [6.45, 7) is 0. The van der Waals surface area contributed by atoms with Crippen molar-refractivity contribution in [2.24, 2.45) is 5.10 Å². The van der Waals surface area contributed by atoms with Gasteiger partial charge >= 0.3 is 6.09 Å². The summed E-state index contributed by atoms with van der Waals surface area (Å²) in [6, 6.07) is 19.5. The van der Waals surface area contributed by atoms with Crippen LogP contribution in [0.25, 0.3) is 0 Å². The van der Waals surface area contributed by atoms with Gasteiger partial charge in [0.2, 0.25) is 0 Å². The largest absolute Gasteiger partial charge is 0.451 e. The van der Waals surface area contributed by atoms with Gasteiger partial charge in [0.1, 0.15) is 6.04 Å². The molecule has 1 amide bonds. The van der Waals surface area contributed by atoms with E-state index in [0.717, 1.165) is 16.8 Å². The number of methoxy groups -OCH3 is 1. The lowest BCUT2D eigenvalue weighted by Crippen LogP contribution is -2.44. The molecule has 4 heteroatoms. The number of hydrogen-bond acceptors (Lipinski definition) is 3. The van der Waals surface area contributed by atoms with Crippen LogP contribution in [0, 0.1) is 0 Å². The fraction of sp³-hybridized carbons (Fsp3) is 0.125. The Labute approximate surface area is 117 Å². The number of hydrogen-bond donors (Lipinski definition) is 0. The van der Waals surface area contributed by atoms with Crippen LogP contribution in [0.5, 0.6) is 0 Å². The fourth-order valence-corrected chi connectivity index (χ4v) is 2.29. The number of hydrazone groups is 1. The Kier molecular flexibility index (Phi) is 3.21. The van der Waals surface area contributed by atoms with Crippen LogP contribution in [-0.2, 0) is 4.74 Å². The quantitative estimate of drug-likeness (QED) is 0.837. The van der Waals surface area contributed by atoms with Gasteiger partial charge in [-0.05, 0) is 5.56 Å². The summed E-state index contributed by atoms with van der Waals surface area (Å²) in [6.07, 6.45) is -0.446. The Hall–Kier alpha value is -2.62. The van der Waals surface area contributed by atoms with E-state index in [0.29, 0.717) is 0 Å². The van der Waals surface area contributed by atoms with E-state index in [9.17, 15) is 4.79 Å². The molecule has 0 fully saturated rings. The molecule has 0 saturated heterocycles. The minimum Gasteiger partial charge on any atom is -0.451 e. The van der Waals surface area contributed by atoms with Gasteiger partial charge in [-0.2, -0.15) is 10.1 Å². The van der Waals surface area contributed by atoms with Gasteiger partial charge in [0.15, 0.2) is 0 Å². The van der Waals surface area contributed by atoms with Crippen LogP contribution < -0.4 is 0 Å². The molecule has 0 unspecified atom stereocenters. The van der Waals surface area contributed by atoms with Crippen LogP contribution in [0.1, 0.15) is 17.2 Å². The normalized spacial score (nSPS) is 17.1. The minimum absolute atomic E-state index is 0.189. The van der Waals surface area contributed by atoms with Crippen molar-refractivity contribution in [1.82, 2.24) is 5.01 Å². The topological polar surface area (TPSA) is 41.9 Å². The second-order valence-electron chi connectivity index (χ2n) is 4.48. The highest BCUT2D eigenvalue weighted by Gasteiger charge is 2.39.